The van der Waals surface area contributed by atoms with Crippen LogP contribution in [0.5, 0.6) is 0 Å². The summed E-state index contributed by atoms with van der Waals surface area (Å²) in [6.45, 7) is 3.19. The Morgan fingerprint density at radius 2 is 1.68 bits per heavy atom. The Bertz CT molecular complexity index is 874. The average Bonchev–Trinajstić information content (AvgIpc) is 2.54. The standard InChI is InChI=1S/C17H18BrFN2O3S/c1-11(13-7-3-4-8-14(13)18)20-17(22)12(2)21-25(23,24)16-10-6-5-9-15(16)19/h3-12,21H,1-2H3,(H,20,22)/t11-,12-/m0/s1. The Hall–Kier alpha value is -1.77. The van der Waals surface area contributed by atoms with E-state index in [1.165, 1.54) is 19.1 Å². The van der Waals surface area contributed by atoms with Gasteiger partial charge in [-0.15, -0.1) is 0 Å². The third kappa shape index (κ3) is 4.87. The van der Waals surface area contributed by atoms with Crippen LogP contribution in [0.2, 0.25) is 0 Å². The zero-order valence-electron chi connectivity index (χ0n) is 13.7. The number of hydrogen-bond donors (Lipinski definition) is 2. The van der Waals surface area contributed by atoms with Crippen molar-refractivity contribution in [1.82, 2.24) is 10.0 Å². The van der Waals surface area contributed by atoms with Gasteiger partial charge in [0, 0.05) is 4.47 Å². The minimum Gasteiger partial charge on any atom is -0.348 e. The van der Waals surface area contributed by atoms with Crippen molar-refractivity contribution in [3.8, 4) is 0 Å². The van der Waals surface area contributed by atoms with Crippen molar-refractivity contribution in [2.45, 2.75) is 30.8 Å². The molecule has 0 unspecified atom stereocenters. The maximum atomic E-state index is 13.7. The molecular formula is C17H18BrFN2O3S. The molecule has 0 aliphatic rings. The molecule has 2 N–H and O–H groups in total. The van der Waals surface area contributed by atoms with E-state index in [2.05, 4.69) is 26.0 Å². The fourth-order valence-electron chi connectivity index (χ4n) is 2.25. The van der Waals surface area contributed by atoms with Crippen molar-refractivity contribution < 1.29 is 17.6 Å². The van der Waals surface area contributed by atoms with Gasteiger partial charge < -0.3 is 5.32 Å². The first-order valence-corrected chi connectivity index (χ1v) is 9.81. The van der Waals surface area contributed by atoms with Crippen LogP contribution in [-0.4, -0.2) is 20.4 Å². The third-order valence-electron chi connectivity index (χ3n) is 3.58. The van der Waals surface area contributed by atoms with Gasteiger partial charge in [-0.2, -0.15) is 4.72 Å². The topological polar surface area (TPSA) is 75.3 Å². The molecule has 2 rings (SSSR count). The first-order valence-electron chi connectivity index (χ1n) is 7.54. The maximum Gasteiger partial charge on any atom is 0.244 e. The molecule has 0 spiro atoms. The molecule has 5 nitrogen and oxygen atoms in total. The molecule has 0 bridgehead atoms. The van der Waals surface area contributed by atoms with Crippen LogP contribution in [0.3, 0.4) is 0 Å². The Morgan fingerprint density at radius 3 is 2.32 bits per heavy atom. The van der Waals surface area contributed by atoms with Gasteiger partial charge in [-0.25, -0.2) is 12.8 Å². The maximum absolute atomic E-state index is 13.7. The molecule has 0 heterocycles. The van der Waals surface area contributed by atoms with E-state index < -0.39 is 32.7 Å². The van der Waals surface area contributed by atoms with Crippen LogP contribution in [0.25, 0.3) is 0 Å². The summed E-state index contributed by atoms with van der Waals surface area (Å²) in [5, 5.41) is 2.74. The van der Waals surface area contributed by atoms with Crippen molar-refractivity contribution in [3.63, 3.8) is 0 Å². The predicted molar refractivity (Wildman–Crippen MR) is 96.9 cm³/mol. The molecule has 0 aromatic heterocycles. The highest BCUT2D eigenvalue weighted by Gasteiger charge is 2.25. The fraction of sp³-hybridized carbons (Fsp3) is 0.235. The number of rotatable bonds is 6. The number of halogens is 2. The zero-order chi connectivity index (χ0) is 18.6. The molecule has 0 aliphatic carbocycles. The number of hydrogen-bond acceptors (Lipinski definition) is 3. The number of carbonyl (C=O) groups is 1. The lowest BCUT2D eigenvalue weighted by molar-refractivity contribution is -0.123. The first-order chi connectivity index (χ1) is 11.7. The molecule has 0 fully saturated rings. The van der Waals surface area contributed by atoms with Gasteiger partial charge in [0.05, 0.1) is 12.1 Å². The van der Waals surface area contributed by atoms with Crippen molar-refractivity contribution >= 4 is 31.9 Å². The third-order valence-corrected chi connectivity index (χ3v) is 5.88. The highest BCUT2D eigenvalue weighted by atomic mass is 79.9. The van der Waals surface area contributed by atoms with E-state index >= 15 is 0 Å². The Morgan fingerprint density at radius 1 is 1.08 bits per heavy atom. The van der Waals surface area contributed by atoms with Gasteiger partial charge in [0.15, 0.2) is 0 Å². The second kappa shape index (κ2) is 8.07. The molecule has 2 aromatic carbocycles. The molecule has 0 saturated heterocycles. The van der Waals surface area contributed by atoms with E-state index in [9.17, 15) is 17.6 Å². The predicted octanol–water partition coefficient (Wildman–Crippen LogP) is 3.13. The van der Waals surface area contributed by atoms with E-state index in [-0.39, 0.29) is 6.04 Å². The van der Waals surface area contributed by atoms with Gasteiger partial charge in [0.2, 0.25) is 15.9 Å². The van der Waals surface area contributed by atoms with Crippen LogP contribution in [0.1, 0.15) is 25.5 Å². The van der Waals surface area contributed by atoms with Crippen molar-refractivity contribution in [2.75, 3.05) is 0 Å². The number of nitrogens with one attached hydrogen (secondary N) is 2. The molecule has 0 radical (unpaired) electrons. The molecule has 2 aromatic rings. The minimum absolute atomic E-state index is 0.330. The molecular weight excluding hydrogens is 411 g/mol. The second-order valence-corrected chi connectivity index (χ2v) is 8.06. The average molecular weight is 429 g/mol. The molecule has 0 saturated carbocycles. The number of benzene rings is 2. The lowest BCUT2D eigenvalue weighted by atomic mass is 10.1. The Labute approximate surface area is 154 Å². The van der Waals surface area contributed by atoms with Crippen molar-refractivity contribution in [3.05, 3.63) is 64.4 Å². The zero-order valence-corrected chi connectivity index (χ0v) is 16.1. The van der Waals surface area contributed by atoms with E-state index in [1.807, 2.05) is 24.3 Å². The Balaban J connectivity index is 2.08. The Kier molecular flexibility index (Phi) is 6.31. The van der Waals surface area contributed by atoms with E-state index in [1.54, 1.807) is 6.92 Å². The van der Waals surface area contributed by atoms with Gasteiger partial charge >= 0.3 is 0 Å². The summed E-state index contributed by atoms with van der Waals surface area (Å²) in [5.41, 5.74) is 0.861. The van der Waals surface area contributed by atoms with Crippen molar-refractivity contribution in [1.29, 1.82) is 0 Å². The number of sulfonamides is 1. The molecule has 8 heteroatoms. The van der Waals surface area contributed by atoms with Gasteiger partial charge in [0.25, 0.3) is 0 Å². The first kappa shape index (κ1) is 19.6. The second-order valence-electron chi connectivity index (χ2n) is 5.53. The number of carbonyl (C=O) groups excluding carboxylic acids is 1. The lowest BCUT2D eigenvalue weighted by Crippen LogP contribution is -2.45. The molecule has 1 amide bonds. The molecule has 2 atom stereocenters. The summed E-state index contributed by atoms with van der Waals surface area (Å²) < 4.78 is 41.2. The van der Waals surface area contributed by atoms with Gasteiger partial charge in [0.1, 0.15) is 10.7 Å². The van der Waals surface area contributed by atoms with Crippen molar-refractivity contribution in [2.24, 2.45) is 0 Å². The summed E-state index contributed by atoms with van der Waals surface area (Å²) in [6, 6.07) is 11.0. The van der Waals surface area contributed by atoms with Crippen LogP contribution in [0, 0.1) is 5.82 Å². The van der Waals surface area contributed by atoms with Crippen LogP contribution >= 0.6 is 15.9 Å². The quantitative estimate of drug-likeness (QED) is 0.741. The lowest BCUT2D eigenvalue weighted by Gasteiger charge is -2.19. The van der Waals surface area contributed by atoms with Gasteiger partial charge in [-0.1, -0.05) is 46.3 Å². The highest BCUT2D eigenvalue weighted by molar-refractivity contribution is 9.10. The largest absolute Gasteiger partial charge is 0.348 e. The van der Waals surface area contributed by atoms with Gasteiger partial charge in [-0.05, 0) is 37.6 Å². The van der Waals surface area contributed by atoms with Crippen LogP contribution in [0.15, 0.2) is 57.9 Å². The summed E-state index contributed by atoms with van der Waals surface area (Å²) in [5.74, 6) is -1.38. The highest BCUT2D eigenvalue weighted by Crippen LogP contribution is 2.22. The van der Waals surface area contributed by atoms with Crippen LogP contribution < -0.4 is 10.0 Å². The molecule has 25 heavy (non-hydrogen) atoms. The van der Waals surface area contributed by atoms with E-state index in [4.69, 9.17) is 0 Å². The fourth-order valence-corrected chi connectivity index (χ4v) is 4.16. The van der Waals surface area contributed by atoms with E-state index in [0.29, 0.717) is 0 Å². The normalized spacial score (nSPS) is 13.9. The minimum atomic E-state index is -4.14. The van der Waals surface area contributed by atoms with Crippen LogP contribution in [0.4, 0.5) is 4.39 Å². The van der Waals surface area contributed by atoms with E-state index in [0.717, 1.165) is 22.2 Å². The smallest absolute Gasteiger partial charge is 0.244 e. The summed E-state index contributed by atoms with van der Waals surface area (Å²) in [4.78, 5) is 11.8. The number of amides is 1. The SMILES string of the molecule is C[C@H](NS(=O)(=O)c1ccccc1F)C(=O)N[C@@H](C)c1ccccc1Br. The summed E-state index contributed by atoms with van der Waals surface area (Å²) in [6.07, 6.45) is 0. The summed E-state index contributed by atoms with van der Waals surface area (Å²) >= 11 is 3.41. The summed E-state index contributed by atoms with van der Waals surface area (Å²) in [7, 11) is -4.14. The molecule has 0 aliphatic heterocycles. The van der Waals surface area contributed by atoms with Crippen LogP contribution in [-0.2, 0) is 14.8 Å². The monoisotopic (exact) mass is 428 g/mol. The van der Waals surface area contributed by atoms with Gasteiger partial charge in [-0.3, -0.25) is 4.79 Å². The molecule has 134 valence electrons.